The van der Waals surface area contributed by atoms with E-state index in [1.807, 2.05) is 19.1 Å². The molecule has 210 valence electrons. The largest absolute Gasteiger partial charge is 0.416 e. The molecule has 0 aliphatic carbocycles. The van der Waals surface area contributed by atoms with Crippen molar-refractivity contribution in [3.8, 4) is 0 Å². The predicted molar refractivity (Wildman–Crippen MR) is 146 cm³/mol. The average molecular weight is 564 g/mol. The van der Waals surface area contributed by atoms with Crippen molar-refractivity contribution in [2.24, 2.45) is 0 Å². The molecule has 0 bridgehead atoms. The van der Waals surface area contributed by atoms with Crippen LogP contribution in [0.2, 0.25) is 5.02 Å². The van der Waals surface area contributed by atoms with Crippen LogP contribution in [0.15, 0.2) is 42.5 Å². The number of rotatable bonds is 11. The Kier molecular flexibility index (Phi) is 9.99. The summed E-state index contributed by atoms with van der Waals surface area (Å²) in [6.07, 6.45) is -2.75. The van der Waals surface area contributed by atoms with Gasteiger partial charge in [-0.3, -0.25) is 9.69 Å². The van der Waals surface area contributed by atoms with E-state index in [0.717, 1.165) is 68.1 Å². The number of carbonyl (C=O) groups is 1. The monoisotopic (exact) mass is 563 g/mol. The third-order valence-corrected chi connectivity index (χ3v) is 6.89. The summed E-state index contributed by atoms with van der Waals surface area (Å²) in [6.45, 7) is 7.23. The van der Waals surface area contributed by atoms with E-state index < -0.39 is 11.7 Å². The summed E-state index contributed by atoms with van der Waals surface area (Å²) in [5.74, 6) is 1.19. The molecule has 1 fully saturated rings. The molecule has 3 aromatic rings. The molecule has 0 saturated carbocycles. The summed E-state index contributed by atoms with van der Waals surface area (Å²) in [5, 5.41) is 4.19. The number of amides is 1. The Morgan fingerprint density at radius 1 is 1.13 bits per heavy atom. The van der Waals surface area contributed by atoms with Crippen LogP contribution >= 0.6 is 11.6 Å². The number of carbonyl (C=O) groups excluding carboxylic acids is 1. The molecule has 1 saturated heterocycles. The third kappa shape index (κ3) is 8.27. The Balaban J connectivity index is 1.46. The standard InChI is InChI=1S/C28H33ClF3N5O2/c1-2-25-34-24-18-22(29)7-8-23(24)27(35-25)37(11-4-10-36-13-15-39-16-14-36)12-9-26(38)33-19-20-5-3-6-21(17-20)28(30,31)32/h3,5-8,17-18H,2,4,9-16,19H2,1H3,(H,33,38). The fourth-order valence-corrected chi connectivity index (χ4v) is 4.72. The topological polar surface area (TPSA) is 70.6 Å². The van der Waals surface area contributed by atoms with Gasteiger partial charge < -0.3 is 15.0 Å². The van der Waals surface area contributed by atoms with E-state index in [1.165, 1.54) is 6.07 Å². The Hall–Kier alpha value is -2.95. The van der Waals surface area contributed by atoms with Crippen LogP contribution in [-0.4, -0.2) is 66.7 Å². The predicted octanol–water partition coefficient (Wildman–Crippen LogP) is 5.10. The Morgan fingerprint density at radius 2 is 1.92 bits per heavy atom. The second-order valence-electron chi connectivity index (χ2n) is 9.50. The lowest BCUT2D eigenvalue weighted by atomic mass is 10.1. The van der Waals surface area contributed by atoms with Gasteiger partial charge in [0.05, 0.1) is 24.3 Å². The summed E-state index contributed by atoms with van der Waals surface area (Å²) < 4.78 is 44.5. The van der Waals surface area contributed by atoms with Crippen molar-refractivity contribution in [2.75, 3.05) is 50.8 Å². The number of halogens is 4. The molecule has 0 unspecified atom stereocenters. The highest BCUT2D eigenvalue weighted by molar-refractivity contribution is 6.31. The SMILES string of the molecule is CCc1nc(N(CCCN2CCOCC2)CCC(=O)NCc2cccc(C(F)(F)F)c2)c2ccc(Cl)cc2n1. The van der Waals surface area contributed by atoms with Gasteiger partial charge in [-0.05, 0) is 42.3 Å². The van der Waals surface area contributed by atoms with Gasteiger partial charge in [0.2, 0.25) is 5.91 Å². The number of nitrogens with one attached hydrogen (secondary N) is 1. The highest BCUT2D eigenvalue weighted by Gasteiger charge is 2.30. The summed E-state index contributed by atoms with van der Waals surface area (Å²) in [5.41, 5.74) is 0.409. The minimum Gasteiger partial charge on any atom is -0.379 e. The van der Waals surface area contributed by atoms with E-state index in [4.69, 9.17) is 21.3 Å². The van der Waals surface area contributed by atoms with Crippen molar-refractivity contribution >= 4 is 34.2 Å². The molecule has 11 heteroatoms. The summed E-state index contributed by atoms with van der Waals surface area (Å²) in [7, 11) is 0. The summed E-state index contributed by atoms with van der Waals surface area (Å²) >= 11 is 6.23. The maximum absolute atomic E-state index is 13.0. The van der Waals surface area contributed by atoms with Gasteiger partial charge in [0, 0.05) is 62.5 Å². The first-order valence-electron chi connectivity index (χ1n) is 13.2. The fraction of sp³-hybridized carbons (Fsp3) is 0.464. The molecule has 2 heterocycles. The van der Waals surface area contributed by atoms with Crippen molar-refractivity contribution in [2.45, 2.75) is 38.9 Å². The fourth-order valence-electron chi connectivity index (χ4n) is 4.55. The molecule has 1 N–H and O–H groups in total. The Morgan fingerprint density at radius 3 is 2.67 bits per heavy atom. The van der Waals surface area contributed by atoms with E-state index in [2.05, 4.69) is 20.1 Å². The number of aryl methyl sites for hydroxylation is 1. The maximum atomic E-state index is 13.0. The molecule has 1 amide bonds. The highest BCUT2D eigenvalue weighted by Crippen LogP contribution is 2.30. The number of alkyl halides is 3. The van der Waals surface area contributed by atoms with E-state index in [9.17, 15) is 18.0 Å². The van der Waals surface area contributed by atoms with Crippen LogP contribution in [0.25, 0.3) is 10.9 Å². The van der Waals surface area contributed by atoms with Crippen molar-refractivity contribution in [1.29, 1.82) is 0 Å². The van der Waals surface area contributed by atoms with Gasteiger partial charge >= 0.3 is 6.18 Å². The molecular weight excluding hydrogens is 531 g/mol. The van der Waals surface area contributed by atoms with E-state index in [0.29, 0.717) is 35.9 Å². The minimum atomic E-state index is -4.43. The molecule has 4 rings (SSSR count). The molecule has 1 aliphatic rings. The molecule has 39 heavy (non-hydrogen) atoms. The number of benzene rings is 2. The van der Waals surface area contributed by atoms with Crippen LogP contribution in [0, 0.1) is 0 Å². The van der Waals surface area contributed by atoms with Gasteiger partial charge in [0.25, 0.3) is 0 Å². The maximum Gasteiger partial charge on any atom is 0.416 e. The highest BCUT2D eigenvalue weighted by atomic mass is 35.5. The molecule has 0 radical (unpaired) electrons. The zero-order valence-electron chi connectivity index (χ0n) is 21.9. The van der Waals surface area contributed by atoms with Gasteiger partial charge in [0.1, 0.15) is 11.6 Å². The van der Waals surface area contributed by atoms with Gasteiger partial charge in [0.15, 0.2) is 0 Å². The van der Waals surface area contributed by atoms with Crippen LogP contribution in [0.4, 0.5) is 19.0 Å². The second kappa shape index (κ2) is 13.4. The lowest BCUT2D eigenvalue weighted by Crippen LogP contribution is -2.39. The lowest BCUT2D eigenvalue weighted by molar-refractivity contribution is -0.137. The molecule has 0 spiro atoms. The van der Waals surface area contributed by atoms with Crippen LogP contribution in [0.3, 0.4) is 0 Å². The van der Waals surface area contributed by atoms with Crippen LogP contribution in [0.5, 0.6) is 0 Å². The number of morpholine rings is 1. The minimum absolute atomic E-state index is 0.0225. The van der Waals surface area contributed by atoms with Crippen LogP contribution < -0.4 is 10.2 Å². The van der Waals surface area contributed by atoms with E-state index >= 15 is 0 Å². The third-order valence-electron chi connectivity index (χ3n) is 6.66. The zero-order chi connectivity index (χ0) is 27.8. The number of aromatic nitrogens is 2. The van der Waals surface area contributed by atoms with E-state index in [1.54, 1.807) is 12.1 Å². The average Bonchev–Trinajstić information content (AvgIpc) is 2.93. The molecule has 0 atom stereocenters. The number of nitrogens with zero attached hydrogens (tertiary/aromatic N) is 4. The summed E-state index contributed by atoms with van der Waals surface area (Å²) in [6, 6.07) is 10.5. The Bertz CT molecular complexity index is 1270. The second-order valence-corrected chi connectivity index (χ2v) is 9.93. The number of hydrogen-bond donors (Lipinski definition) is 1. The van der Waals surface area contributed by atoms with Crippen LogP contribution in [-0.2, 0) is 28.7 Å². The van der Waals surface area contributed by atoms with Crippen LogP contribution in [0.1, 0.15) is 36.7 Å². The van der Waals surface area contributed by atoms with Gasteiger partial charge in [-0.15, -0.1) is 0 Å². The first kappa shape index (κ1) is 29.0. The smallest absolute Gasteiger partial charge is 0.379 e. The number of anilines is 1. The number of ether oxygens (including phenoxy) is 1. The lowest BCUT2D eigenvalue weighted by Gasteiger charge is -2.29. The van der Waals surface area contributed by atoms with Crippen molar-refractivity contribution in [3.63, 3.8) is 0 Å². The van der Waals surface area contributed by atoms with Gasteiger partial charge in [-0.25, -0.2) is 9.97 Å². The summed E-state index contributed by atoms with van der Waals surface area (Å²) in [4.78, 5) is 26.7. The van der Waals surface area contributed by atoms with E-state index in [-0.39, 0.29) is 18.9 Å². The number of hydrogen-bond acceptors (Lipinski definition) is 6. The van der Waals surface area contributed by atoms with Gasteiger partial charge in [-0.2, -0.15) is 13.2 Å². The molecule has 7 nitrogen and oxygen atoms in total. The number of fused-ring (bicyclic) bond motifs is 1. The molecule has 2 aromatic carbocycles. The molecular formula is C28H33ClF3N5O2. The zero-order valence-corrected chi connectivity index (χ0v) is 22.7. The van der Waals surface area contributed by atoms with Crippen molar-refractivity contribution < 1.29 is 22.7 Å². The quantitative estimate of drug-likeness (QED) is 0.350. The Labute approximate surface area is 231 Å². The first-order chi connectivity index (χ1) is 18.7. The molecule has 1 aliphatic heterocycles. The normalized spacial score (nSPS) is 14.5. The van der Waals surface area contributed by atoms with Gasteiger partial charge in [-0.1, -0.05) is 30.7 Å². The van der Waals surface area contributed by atoms with Crippen molar-refractivity contribution in [1.82, 2.24) is 20.2 Å². The first-order valence-corrected chi connectivity index (χ1v) is 13.5. The molecule has 1 aromatic heterocycles. The van der Waals surface area contributed by atoms with Crippen molar-refractivity contribution in [3.05, 3.63) is 64.4 Å².